The number of carbonyl (C=O) groups excluding carboxylic acids is 3. The van der Waals surface area contributed by atoms with E-state index < -0.39 is 44.8 Å². The van der Waals surface area contributed by atoms with Gasteiger partial charge < -0.3 is 24.8 Å². The van der Waals surface area contributed by atoms with Gasteiger partial charge in [0.05, 0.1) is 52.5 Å². The molecule has 0 spiro atoms. The number of carbonyl (C=O) groups is 3. The summed E-state index contributed by atoms with van der Waals surface area (Å²) in [6, 6.07) is 3.64. The van der Waals surface area contributed by atoms with E-state index in [9.17, 15) is 22.8 Å². The summed E-state index contributed by atoms with van der Waals surface area (Å²) in [6.07, 6.45) is 8.41. The molecule has 2 aliphatic heterocycles. The number of nitrogens with two attached hydrogens (primary N) is 1. The zero-order chi connectivity index (χ0) is 35.1. The lowest BCUT2D eigenvalue weighted by molar-refractivity contribution is -0.140. The third-order valence-corrected chi connectivity index (χ3v) is 12.5. The van der Waals surface area contributed by atoms with E-state index in [1.54, 1.807) is 19.2 Å². The van der Waals surface area contributed by atoms with Gasteiger partial charge in [-0.05, 0) is 86.4 Å². The van der Waals surface area contributed by atoms with Crippen LogP contribution in [0.25, 0.3) is 10.9 Å². The summed E-state index contributed by atoms with van der Waals surface area (Å²) in [7, 11) is -2.24. The van der Waals surface area contributed by atoms with Crippen LogP contribution in [-0.4, -0.2) is 79.1 Å². The Labute approximate surface area is 295 Å². The molecule has 3 heterocycles. The van der Waals surface area contributed by atoms with E-state index in [1.807, 2.05) is 32.1 Å². The first-order valence-electron chi connectivity index (χ1n) is 17.1. The Bertz CT molecular complexity index is 1760. The molecule has 2 aliphatic carbocycles. The second-order valence-corrected chi connectivity index (χ2v) is 16.8. The molecule has 3 fully saturated rings. The third kappa shape index (κ3) is 7.61. The molecule has 6 rings (SSSR count). The van der Waals surface area contributed by atoms with Crippen LogP contribution < -0.4 is 24.7 Å². The average Bonchev–Trinajstić information content (AvgIpc) is 3.97. The van der Waals surface area contributed by atoms with Gasteiger partial charge in [-0.2, -0.15) is 0 Å². The van der Waals surface area contributed by atoms with E-state index in [0.717, 1.165) is 25.7 Å². The number of hydrogen-bond acceptors (Lipinski definition) is 10. The maximum Gasteiger partial charge on any atom is 0.240 e. The van der Waals surface area contributed by atoms with Crippen LogP contribution in [-0.2, 0) is 24.4 Å². The zero-order valence-corrected chi connectivity index (χ0v) is 30.6. The Hall–Kier alpha value is -3.23. The molecule has 5 atom stereocenters. The third-order valence-electron chi connectivity index (χ3n) is 9.96. The maximum absolute atomic E-state index is 14.3. The molecule has 2 saturated carbocycles. The van der Waals surface area contributed by atoms with Gasteiger partial charge in [-0.3, -0.25) is 19.1 Å². The normalized spacial score (nSPS) is 28.7. The molecule has 1 saturated heterocycles. The van der Waals surface area contributed by atoms with Crippen LogP contribution in [0.4, 0.5) is 0 Å². The molecular formula is C35H45BrN4O8S. The number of rotatable bonds is 8. The first-order chi connectivity index (χ1) is 23.3. The van der Waals surface area contributed by atoms with Crippen molar-refractivity contribution in [3.63, 3.8) is 0 Å². The van der Waals surface area contributed by atoms with Gasteiger partial charge in [0.15, 0.2) is 5.78 Å². The molecule has 1 aromatic carbocycles. The summed E-state index contributed by atoms with van der Waals surface area (Å²) in [4.78, 5) is 47.9. The number of pyridine rings is 1. The lowest BCUT2D eigenvalue weighted by atomic mass is 9.91. The van der Waals surface area contributed by atoms with Gasteiger partial charge in [0.2, 0.25) is 27.7 Å². The number of fused-ring (bicyclic) bond motifs is 3. The molecule has 0 radical (unpaired) electrons. The first kappa shape index (κ1) is 35.6. The number of sulfonamides is 1. The standard InChI is InChI=1S/C35H45BrN4O8S/c1-20(2)47-30-16-29(24-13-14-28(46-3)31(36)32(24)38-30)48-22-15-26-27(41)18-35(34(43)39-49(44,45)23-11-12-23)17-21(35)9-7-5-4-6-8-10-25(37)33(42)40(26)19-22/h7,9,13-14,16,20-23,25-26H,4-6,8,10-12,15,17-19,37H2,1-3H3,(H,39,43)/b9-7-/t21-,22-,25+,26+,35-/m1/s1. The maximum atomic E-state index is 14.3. The van der Waals surface area contributed by atoms with E-state index in [4.69, 9.17) is 19.9 Å². The van der Waals surface area contributed by atoms with E-state index >= 15 is 0 Å². The molecule has 0 bridgehead atoms. The Kier molecular flexibility index (Phi) is 10.3. The molecule has 4 aliphatic rings. The molecule has 2 aromatic rings. The fourth-order valence-corrected chi connectivity index (χ4v) is 8.99. The second kappa shape index (κ2) is 14.2. The number of Topliss-reactive ketones (excluding diaryl/α,β-unsaturated/α-hetero) is 1. The second-order valence-electron chi connectivity index (χ2n) is 14.0. The number of halogens is 1. The molecule has 1 aromatic heterocycles. The fraction of sp³-hybridized carbons (Fsp3) is 0.600. The van der Waals surface area contributed by atoms with Gasteiger partial charge in [0.1, 0.15) is 17.6 Å². The van der Waals surface area contributed by atoms with Crippen molar-refractivity contribution in [2.24, 2.45) is 17.1 Å². The van der Waals surface area contributed by atoms with Crippen LogP contribution in [0.2, 0.25) is 0 Å². The van der Waals surface area contributed by atoms with E-state index in [2.05, 4.69) is 25.6 Å². The number of ether oxygens (including phenoxy) is 3. The Morgan fingerprint density at radius 2 is 1.92 bits per heavy atom. The van der Waals surface area contributed by atoms with Gasteiger partial charge in [-0.15, -0.1) is 0 Å². The summed E-state index contributed by atoms with van der Waals surface area (Å²) in [6.45, 7) is 3.90. The van der Waals surface area contributed by atoms with E-state index in [1.165, 1.54) is 4.90 Å². The van der Waals surface area contributed by atoms with Crippen molar-refractivity contribution in [2.45, 2.75) is 108 Å². The average molecular weight is 762 g/mol. The predicted octanol–water partition coefficient (Wildman–Crippen LogP) is 4.56. The highest BCUT2D eigenvalue weighted by Gasteiger charge is 2.61. The highest BCUT2D eigenvalue weighted by molar-refractivity contribution is 9.10. The molecule has 14 heteroatoms. The molecule has 266 valence electrons. The quantitative estimate of drug-likeness (QED) is 0.364. The topological polar surface area (TPSA) is 167 Å². The van der Waals surface area contributed by atoms with Crippen molar-refractivity contribution < 1.29 is 37.0 Å². The highest BCUT2D eigenvalue weighted by Crippen LogP contribution is 2.57. The number of benzene rings is 1. The Balaban J connectivity index is 1.31. The summed E-state index contributed by atoms with van der Waals surface area (Å²) < 4.78 is 46.4. The SMILES string of the molecule is COc1ccc2c(O[C@@H]3C[C@H]4C(=O)C[C@]5(C(=O)NS(=O)(=O)C6CC6)C[C@H]5/C=C\CCCCC[C@H](N)C(=O)N4C3)cc(OC(C)C)nc2c1Br. The number of nitrogens with one attached hydrogen (secondary N) is 1. The van der Waals surface area contributed by atoms with Crippen molar-refractivity contribution >= 4 is 54.5 Å². The number of hydrogen-bond donors (Lipinski definition) is 2. The minimum Gasteiger partial charge on any atom is -0.495 e. The summed E-state index contributed by atoms with van der Waals surface area (Å²) in [5.74, 6) is -0.170. The van der Waals surface area contributed by atoms with E-state index in [-0.39, 0.29) is 43.1 Å². The minimum absolute atomic E-state index is 0.114. The van der Waals surface area contributed by atoms with Gasteiger partial charge in [0.25, 0.3) is 0 Å². The smallest absolute Gasteiger partial charge is 0.240 e. The molecule has 2 amide bonds. The fourth-order valence-electron chi connectivity index (χ4n) is 7.01. The summed E-state index contributed by atoms with van der Waals surface area (Å²) >= 11 is 3.59. The summed E-state index contributed by atoms with van der Waals surface area (Å²) in [5, 5.41) is 0.112. The molecular weight excluding hydrogens is 716 g/mol. The van der Waals surface area contributed by atoms with Crippen molar-refractivity contribution in [1.82, 2.24) is 14.6 Å². The van der Waals surface area contributed by atoms with Crippen LogP contribution in [0.5, 0.6) is 17.4 Å². The molecule has 3 N–H and O–H groups in total. The lowest BCUT2D eigenvalue weighted by Gasteiger charge is -2.27. The van der Waals surface area contributed by atoms with Crippen LogP contribution in [0.15, 0.2) is 34.8 Å². The van der Waals surface area contributed by atoms with Crippen molar-refractivity contribution in [3.8, 4) is 17.4 Å². The van der Waals surface area contributed by atoms with Crippen LogP contribution in [0.1, 0.15) is 78.1 Å². The van der Waals surface area contributed by atoms with Gasteiger partial charge in [-0.25, -0.2) is 13.4 Å². The number of nitrogens with zero attached hydrogens (tertiary/aromatic N) is 2. The number of ketones is 1. The van der Waals surface area contributed by atoms with E-state index in [0.29, 0.717) is 58.4 Å². The van der Waals surface area contributed by atoms with Crippen LogP contribution in [0.3, 0.4) is 0 Å². The zero-order valence-electron chi connectivity index (χ0n) is 28.2. The van der Waals surface area contributed by atoms with Crippen molar-refractivity contribution in [1.29, 1.82) is 0 Å². The molecule has 12 nitrogen and oxygen atoms in total. The molecule has 49 heavy (non-hydrogen) atoms. The van der Waals surface area contributed by atoms with Crippen LogP contribution in [0, 0.1) is 11.3 Å². The number of allylic oxidation sites excluding steroid dienone is 2. The van der Waals surface area contributed by atoms with Gasteiger partial charge >= 0.3 is 0 Å². The molecule has 0 unspecified atom stereocenters. The Morgan fingerprint density at radius 1 is 1.14 bits per heavy atom. The largest absolute Gasteiger partial charge is 0.495 e. The van der Waals surface area contributed by atoms with Gasteiger partial charge in [0, 0.05) is 24.3 Å². The minimum atomic E-state index is -3.81. The predicted molar refractivity (Wildman–Crippen MR) is 187 cm³/mol. The number of aromatic nitrogens is 1. The van der Waals surface area contributed by atoms with Gasteiger partial charge in [-0.1, -0.05) is 25.0 Å². The first-order valence-corrected chi connectivity index (χ1v) is 19.5. The Morgan fingerprint density at radius 3 is 2.63 bits per heavy atom. The monoisotopic (exact) mass is 760 g/mol. The lowest BCUT2D eigenvalue weighted by Crippen LogP contribution is -2.49. The summed E-state index contributed by atoms with van der Waals surface area (Å²) in [5.41, 5.74) is 5.80. The number of amides is 2. The van der Waals surface area contributed by atoms with Crippen molar-refractivity contribution in [3.05, 3.63) is 34.8 Å². The highest BCUT2D eigenvalue weighted by atomic mass is 79.9. The van der Waals surface area contributed by atoms with Crippen molar-refractivity contribution in [2.75, 3.05) is 13.7 Å². The number of methoxy groups -OCH3 is 1. The van der Waals surface area contributed by atoms with Crippen LogP contribution >= 0.6 is 15.9 Å².